The van der Waals surface area contributed by atoms with Crippen molar-refractivity contribution in [2.45, 2.75) is 32.3 Å². The van der Waals surface area contributed by atoms with Gasteiger partial charge in [0.1, 0.15) is 5.60 Å². The SMILES string of the molecule is COC(=O)C(CCC#CC(C)(C)O)C(=O)OC. The summed E-state index contributed by atoms with van der Waals surface area (Å²) in [5.41, 5.74) is -1.08. The molecule has 0 aromatic carbocycles. The van der Waals surface area contributed by atoms with Gasteiger partial charge in [0.25, 0.3) is 0 Å². The first-order chi connectivity index (χ1) is 7.81. The van der Waals surface area contributed by atoms with Crippen molar-refractivity contribution < 1.29 is 24.2 Å². The van der Waals surface area contributed by atoms with Crippen LogP contribution in [0.3, 0.4) is 0 Å². The Morgan fingerprint density at radius 1 is 1.24 bits per heavy atom. The Morgan fingerprint density at radius 2 is 1.71 bits per heavy atom. The third-order valence-electron chi connectivity index (χ3n) is 1.92. The number of carbonyl (C=O) groups is 2. The summed E-state index contributed by atoms with van der Waals surface area (Å²) >= 11 is 0. The second-order valence-electron chi connectivity index (χ2n) is 4.00. The van der Waals surface area contributed by atoms with E-state index in [0.29, 0.717) is 6.42 Å². The van der Waals surface area contributed by atoms with E-state index in [1.54, 1.807) is 13.8 Å². The maximum Gasteiger partial charge on any atom is 0.320 e. The summed E-state index contributed by atoms with van der Waals surface area (Å²) in [6.45, 7) is 3.11. The van der Waals surface area contributed by atoms with Crippen LogP contribution in [0, 0.1) is 17.8 Å². The number of methoxy groups -OCH3 is 2. The molecule has 96 valence electrons. The first-order valence-corrected chi connectivity index (χ1v) is 5.20. The molecule has 0 aliphatic rings. The molecule has 0 aromatic rings. The number of carbonyl (C=O) groups excluding carboxylic acids is 2. The Morgan fingerprint density at radius 3 is 2.06 bits per heavy atom. The average Bonchev–Trinajstić information content (AvgIpc) is 2.26. The number of aliphatic hydroxyl groups is 1. The van der Waals surface area contributed by atoms with Gasteiger partial charge in [0.05, 0.1) is 14.2 Å². The molecule has 0 heterocycles. The van der Waals surface area contributed by atoms with E-state index in [9.17, 15) is 14.7 Å². The van der Waals surface area contributed by atoms with E-state index in [4.69, 9.17) is 0 Å². The minimum absolute atomic E-state index is 0.211. The zero-order valence-electron chi connectivity index (χ0n) is 10.6. The van der Waals surface area contributed by atoms with Gasteiger partial charge in [-0.1, -0.05) is 5.92 Å². The highest BCUT2D eigenvalue weighted by Gasteiger charge is 2.27. The summed E-state index contributed by atoms with van der Waals surface area (Å²) in [6.07, 6.45) is 0.515. The minimum Gasteiger partial charge on any atom is -0.468 e. The third kappa shape index (κ3) is 6.59. The second-order valence-corrected chi connectivity index (χ2v) is 4.00. The predicted octanol–water partition coefficient (Wildman–Crippen LogP) is 0.503. The van der Waals surface area contributed by atoms with Crippen molar-refractivity contribution in [3.63, 3.8) is 0 Å². The zero-order chi connectivity index (χ0) is 13.5. The van der Waals surface area contributed by atoms with Crippen LogP contribution in [-0.2, 0) is 19.1 Å². The van der Waals surface area contributed by atoms with Crippen molar-refractivity contribution >= 4 is 11.9 Å². The third-order valence-corrected chi connectivity index (χ3v) is 1.92. The number of hydrogen-bond acceptors (Lipinski definition) is 5. The van der Waals surface area contributed by atoms with Gasteiger partial charge in [-0.05, 0) is 20.3 Å². The first-order valence-electron chi connectivity index (χ1n) is 5.20. The van der Waals surface area contributed by atoms with Crippen LogP contribution in [0.4, 0.5) is 0 Å². The van der Waals surface area contributed by atoms with Crippen LogP contribution in [0.5, 0.6) is 0 Å². The Labute approximate surface area is 101 Å². The molecule has 5 heteroatoms. The number of esters is 2. The fourth-order valence-corrected chi connectivity index (χ4v) is 1.11. The summed E-state index contributed by atoms with van der Waals surface area (Å²) in [5.74, 6) is 3.06. The van der Waals surface area contributed by atoms with Gasteiger partial charge in [0.15, 0.2) is 5.92 Å². The van der Waals surface area contributed by atoms with Gasteiger partial charge >= 0.3 is 11.9 Å². The molecule has 0 radical (unpaired) electrons. The van der Waals surface area contributed by atoms with Gasteiger partial charge in [0.2, 0.25) is 0 Å². The fourth-order valence-electron chi connectivity index (χ4n) is 1.11. The van der Waals surface area contributed by atoms with Crippen molar-refractivity contribution in [1.29, 1.82) is 0 Å². The zero-order valence-corrected chi connectivity index (χ0v) is 10.6. The highest BCUT2D eigenvalue weighted by Crippen LogP contribution is 2.10. The predicted molar refractivity (Wildman–Crippen MR) is 60.8 cm³/mol. The van der Waals surface area contributed by atoms with E-state index in [0.717, 1.165) is 0 Å². The molecule has 0 saturated heterocycles. The van der Waals surface area contributed by atoms with Crippen LogP contribution >= 0.6 is 0 Å². The standard InChI is InChI=1S/C12H18O5/c1-12(2,15)8-6-5-7-9(10(13)16-3)11(14)17-4/h9,15H,5,7H2,1-4H3. The van der Waals surface area contributed by atoms with Crippen LogP contribution in [0.2, 0.25) is 0 Å². The smallest absolute Gasteiger partial charge is 0.320 e. The Bertz CT molecular complexity index is 313. The van der Waals surface area contributed by atoms with Gasteiger partial charge < -0.3 is 14.6 Å². The van der Waals surface area contributed by atoms with Gasteiger partial charge in [-0.2, -0.15) is 0 Å². The molecular formula is C12H18O5. The fraction of sp³-hybridized carbons (Fsp3) is 0.667. The molecule has 0 rings (SSSR count). The van der Waals surface area contributed by atoms with Crippen LogP contribution in [-0.4, -0.2) is 36.9 Å². The molecule has 0 aliphatic heterocycles. The summed E-state index contributed by atoms with van der Waals surface area (Å²) in [5, 5.41) is 9.34. The highest BCUT2D eigenvalue weighted by molar-refractivity contribution is 5.94. The molecule has 0 aliphatic carbocycles. The van der Waals surface area contributed by atoms with Gasteiger partial charge in [0, 0.05) is 6.42 Å². The quantitative estimate of drug-likeness (QED) is 0.441. The number of ether oxygens (including phenoxy) is 2. The van der Waals surface area contributed by atoms with Crippen molar-refractivity contribution in [1.82, 2.24) is 0 Å². The Hall–Kier alpha value is -1.54. The molecule has 0 atom stereocenters. The van der Waals surface area contributed by atoms with Crippen molar-refractivity contribution in [3.05, 3.63) is 0 Å². The molecule has 0 unspecified atom stereocenters. The van der Waals surface area contributed by atoms with E-state index in [1.165, 1.54) is 14.2 Å². The van der Waals surface area contributed by atoms with E-state index in [-0.39, 0.29) is 6.42 Å². The molecule has 5 nitrogen and oxygen atoms in total. The van der Waals surface area contributed by atoms with Crippen LogP contribution in [0.15, 0.2) is 0 Å². The lowest BCUT2D eigenvalue weighted by Crippen LogP contribution is -2.26. The maximum atomic E-state index is 11.3. The summed E-state index contributed by atoms with van der Waals surface area (Å²) in [7, 11) is 2.42. The minimum atomic E-state index is -1.08. The molecule has 0 fully saturated rings. The maximum absolute atomic E-state index is 11.3. The lowest BCUT2D eigenvalue weighted by Gasteiger charge is -2.10. The first kappa shape index (κ1) is 15.5. The lowest BCUT2D eigenvalue weighted by molar-refractivity contribution is -0.159. The van der Waals surface area contributed by atoms with E-state index in [1.807, 2.05) is 0 Å². The van der Waals surface area contributed by atoms with Crippen LogP contribution < -0.4 is 0 Å². The van der Waals surface area contributed by atoms with Gasteiger partial charge in [-0.3, -0.25) is 9.59 Å². The average molecular weight is 242 g/mol. The van der Waals surface area contributed by atoms with Gasteiger partial charge in [-0.15, -0.1) is 5.92 Å². The van der Waals surface area contributed by atoms with E-state index in [2.05, 4.69) is 21.3 Å². The van der Waals surface area contributed by atoms with E-state index < -0.39 is 23.5 Å². The lowest BCUT2D eigenvalue weighted by atomic mass is 10.0. The normalized spacial score (nSPS) is 10.5. The Kier molecular flexibility index (Phi) is 6.29. The van der Waals surface area contributed by atoms with Crippen molar-refractivity contribution in [2.75, 3.05) is 14.2 Å². The van der Waals surface area contributed by atoms with Crippen LogP contribution in [0.25, 0.3) is 0 Å². The van der Waals surface area contributed by atoms with Crippen molar-refractivity contribution in [2.24, 2.45) is 5.92 Å². The highest BCUT2D eigenvalue weighted by atomic mass is 16.5. The topological polar surface area (TPSA) is 72.8 Å². The molecule has 0 aromatic heterocycles. The van der Waals surface area contributed by atoms with Gasteiger partial charge in [-0.25, -0.2) is 0 Å². The molecule has 0 spiro atoms. The molecular weight excluding hydrogens is 224 g/mol. The molecule has 0 saturated carbocycles. The second kappa shape index (κ2) is 6.92. The van der Waals surface area contributed by atoms with E-state index >= 15 is 0 Å². The number of rotatable bonds is 4. The molecule has 17 heavy (non-hydrogen) atoms. The molecule has 0 bridgehead atoms. The van der Waals surface area contributed by atoms with Crippen LogP contribution in [0.1, 0.15) is 26.7 Å². The number of hydrogen-bond donors (Lipinski definition) is 1. The largest absolute Gasteiger partial charge is 0.468 e. The Balaban J connectivity index is 4.41. The molecule has 0 amide bonds. The summed E-state index contributed by atoms with van der Waals surface area (Å²) in [6, 6.07) is 0. The summed E-state index contributed by atoms with van der Waals surface area (Å²) in [4.78, 5) is 22.6. The monoisotopic (exact) mass is 242 g/mol. The molecule has 1 N–H and O–H groups in total. The van der Waals surface area contributed by atoms with Crippen molar-refractivity contribution in [3.8, 4) is 11.8 Å². The summed E-state index contributed by atoms with van der Waals surface area (Å²) < 4.78 is 8.99.